The summed E-state index contributed by atoms with van der Waals surface area (Å²) in [4.78, 5) is 21.0. The Bertz CT molecular complexity index is 949. The van der Waals surface area contributed by atoms with E-state index in [4.69, 9.17) is 4.52 Å². The Labute approximate surface area is 162 Å². The third kappa shape index (κ3) is 4.65. The predicted molar refractivity (Wildman–Crippen MR) is 104 cm³/mol. The SMILES string of the molecule is CCCCc1c(C)nc2nc(SCCC(=O)Nc3cc(C)on3)nn2c1C. The van der Waals surface area contributed by atoms with Crippen molar-refractivity contribution >= 4 is 29.3 Å². The molecule has 0 aliphatic rings. The van der Waals surface area contributed by atoms with E-state index >= 15 is 0 Å². The van der Waals surface area contributed by atoms with E-state index < -0.39 is 0 Å². The lowest BCUT2D eigenvalue weighted by atomic mass is 10.1. The molecule has 3 heterocycles. The molecule has 1 N–H and O–H groups in total. The molecule has 3 rings (SSSR count). The van der Waals surface area contributed by atoms with Crippen LogP contribution in [0.25, 0.3) is 5.78 Å². The molecular weight excluding hydrogens is 364 g/mol. The average molecular weight is 388 g/mol. The largest absolute Gasteiger partial charge is 0.360 e. The van der Waals surface area contributed by atoms with Gasteiger partial charge in [0, 0.05) is 29.6 Å². The number of hydrogen-bond donors (Lipinski definition) is 1. The predicted octanol–water partition coefficient (Wildman–Crippen LogP) is 3.50. The molecule has 0 aliphatic heterocycles. The van der Waals surface area contributed by atoms with E-state index in [1.165, 1.54) is 17.3 Å². The van der Waals surface area contributed by atoms with E-state index in [1.54, 1.807) is 17.5 Å². The molecule has 144 valence electrons. The van der Waals surface area contributed by atoms with E-state index in [1.807, 2.05) is 6.92 Å². The Morgan fingerprint density at radius 3 is 2.81 bits per heavy atom. The summed E-state index contributed by atoms with van der Waals surface area (Å²) in [5.41, 5.74) is 3.34. The van der Waals surface area contributed by atoms with Crippen LogP contribution < -0.4 is 5.32 Å². The van der Waals surface area contributed by atoms with Crippen molar-refractivity contribution in [2.24, 2.45) is 0 Å². The highest BCUT2D eigenvalue weighted by Gasteiger charge is 2.14. The number of anilines is 1. The number of aromatic nitrogens is 5. The van der Waals surface area contributed by atoms with E-state index in [-0.39, 0.29) is 5.91 Å². The first-order chi connectivity index (χ1) is 13.0. The van der Waals surface area contributed by atoms with Crippen molar-refractivity contribution in [3.05, 3.63) is 28.8 Å². The second-order valence-corrected chi connectivity index (χ2v) is 7.50. The summed E-state index contributed by atoms with van der Waals surface area (Å²) in [5.74, 6) is 2.15. The van der Waals surface area contributed by atoms with Gasteiger partial charge in [-0.05, 0) is 39.2 Å². The zero-order valence-electron chi connectivity index (χ0n) is 16.1. The molecule has 1 amide bonds. The standard InChI is InChI=1S/C18H24N6O2S/c1-5-6-7-14-12(3)19-17-21-18(22-24(17)13(14)4)27-9-8-16(25)20-15-10-11(2)26-23-15/h10H,5-9H2,1-4H3,(H,20,23,25). The Morgan fingerprint density at radius 2 is 2.11 bits per heavy atom. The number of nitrogens with zero attached hydrogens (tertiary/aromatic N) is 5. The number of fused-ring (bicyclic) bond motifs is 1. The first-order valence-electron chi connectivity index (χ1n) is 9.06. The van der Waals surface area contributed by atoms with E-state index in [9.17, 15) is 4.79 Å². The lowest BCUT2D eigenvalue weighted by molar-refractivity contribution is -0.115. The Kier molecular flexibility index (Phi) is 6.10. The third-order valence-electron chi connectivity index (χ3n) is 4.27. The molecule has 0 spiro atoms. The quantitative estimate of drug-likeness (QED) is 0.590. The van der Waals surface area contributed by atoms with Crippen LogP contribution in [0, 0.1) is 20.8 Å². The summed E-state index contributed by atoms with van der Waals surface area (Å²) in [5, 5.41) is 11.6. The highest BCUT2D eigenvalue weighted by atomic mass is 32.2. The summed E-state index contributed by atoms with van der Waals surface area (Å²) < 4.78 is 6.73. The Balaban J connectivity index is 1.62. The van der Waals surface area contributed by atoms with Crippen molar-refractivity contribution in [1.82, 2.24) is 24.7 Å². The van der Waals surface area contributed by atoms with Crippen LogP contribution in [0.2, 0.25) is 0 Å². The van der Waals surface area contributed by atoms with Crippen LogP contribution >= 0.6 is 11.8 Å². The van der Waals surface area contributed by atoms with E-state index in [0.29, 0.717) is 34.7 Å². The Hall–Kier alpha value is -2.42. The molecule has 3 aromatic heterocycles. The maximum Gasteiger partial charge on any atom is 0.253 e. The van der Waals surface area contributed by atoms with Crippen molar-refractivity contribution in [2.75, 3.05) is 11.1 Å². The maximum atomic E-state index is 12.0. The van der Waals surface area contributed by atoms with Gasteiger partial charge in [0.1, 0.15) is 5.76 Å². The van der Waals surface area contributed by atoms with Gasteiger partial charge in [-0.15, -0.1) is 5.10 Å². The molecule has 0 saturated heterocycles. The summed E-state index contributed by atoms with van der Waals surface area (Å²) >= 11 is 1.44. The van der Waals surface area contributed by atoms with Gasteiger partial charge in [-0.3, -0.25) is 4.79 Å². The fraction of sp³-hybridized carbons (Fsp3) is 0.500. The number of rotatable bonds is 8. The summed E-state index contributed by atoms with van der Waals surface area (Å²) in [6.07, 6.45) is 3.61. The van der Waals surface area contributed by atoms with Gasteiger partial charge >= 0.3 is 0 Å². The molecule has 0 saturated carbocycles. The molecule has 3 aromatic rings. The zero-order valence-corrected chi connectivity index (χ0v) is 16.9. The minimum Gasteiger partial charge on any atom is -0.360 e. The van der Waals surface area contributed by atoms with Crippen molar-refractivity contribution in [3.8, 4) is 0 Å². The molecule has 27 heavy (non-hydrogen) atoms. The fourth-order valence-electron chi connectivity index (χ4n) is 2.83. The highest BCUT2D eigenvalue weighted by Crippen LogP contribution is 2.20. The number of thioether (sulfide) groups is 1. The van der Waals surface area contributed by atoms with Crippen LogP contribution in [0.4, 0.5) is 5.82 Å². The van der Waals surface area contributed by atoms with Gasteiger partial charge in [0.2, 0.25) is 11.1 Å². The minimum atomic E-state index is -0.119. The fourth-order valence-corrected chi connectivity index (χ4v) is 3.59. The van der Waals surface area contributed by atoms with Crippen LogP contribution in [-0.4, -0.2) is 36.4 Å². The van der Waals surface area contributed by atoms with Crippen LogP contribution in [0.15, 0.2) is 15.7 Å². The molecule has 8 nitrogen and oxygen atoms in total. The lowest BCUT2D eigenvalue weighted by Gasteiger charge is -2.09. The molecule has 0 atom stereocenters. The van der Waals surface area contributed by atoms with Gasteiger partial charge in [-0.25, -0.2) is 9.50 Å². The van der Waals surface area contributed by atoms with Gasteiger partial charge in [0.05, 0.1) is 0 Å². The average Bonchev–Trinajstić information content (AvgIpc) is 3.20. The molecule has 0 bridgehead atoms. The summed E-state index contributed by atoms with van der Waals surface area (Å²) in [7, 11) is 0. The number of amides is 1. The highest BCUT2D eigenvalue weighted by molar-refractivity contribution is 7.99. The second kappa shape index (κ2) is 8.51. The van der Waals surface area contributed by atoms with E-state index in [2.05, 4.69) is 39.4 Å². The third-order valence-corrected chi connectivity index (χ3v) is 5.10. The minimum absolute atomic E-state index is 0.119. The van der Waals surface area contributed by atoms with Gasteiger partial charge < -0.3 is 9.84 Å². The first-order valence-corrected chi connectivity index (χ1v) is 10.0. The van der Waals surface area contributed by atoms with Crippen LogP contribution in [0.1, 0.15) is 48.9 Å². The van der Waals surface area contributed by atoms with Crippen molar-refractivity contribution in [1.29, 1.82) is 0 Å². The first kappa shape index (κ1) is 19.3. The number of nitrogens with one attached hydrogen (secondary N) is 1. The normalized spacial score (nSPS) is 11.3. The number of unbranched alkanes of at least 4 members (excludes halogenated alkanes) is 1. The smallest absolute Gasteiger partial charge is 0.253 e. The van der Waals surface area contributed by atoms with Crippen molar-refractivity contribution < 1.29 is 9.32 Å². The number of aryl methyl sites for hydroxylation is 3. The van der Waals surface area contributed by atoms with E-state index in [0.717, 1.165) is 30.7 Å². The summed E-state index contributed by atoms with van der Waals surface area (Å²) in [6, 6.07) is 1.68. The molecule has 0 aromatic carbocycles. The number of hydrogen-bond acceptors (Lipinski definition) is 7. The monoisotopic (exact) mass is 388 g/mol. The van der Waals surface area contributed by atoms with Gasteiger partial charge in [0.15, 0.2) is 5.82 Å². The number of carbonyl (C=O) groups excluding carboxylic acids is 1. The number of carbonyl (C=O) groups is 1. The molecule has 0 fully saturated rings. The van der Waals surface area contributed by atoms with Crippen LogP contribution in [0.3, 0.4) is 0 Å². The van der Waals surface area contributed by atoms with Gasteiger partial charge in [-0.2, -0.15) is 4.98 Å². The van der Waals surface area contributed by atoms with Crippen molar-refractivity contribution in [3.63, 3.8) is 0 Å². The summed E-state index contributed by atoms with van der Waals surface area (Å²) in [6.45, 7) is 8.04. The maximum absolute atomic E-state index is 12.0. The Morgan fingerprint density at radius 1 is 1.30 bits per heavy atom. The van der Waals surface area contributed by atoms with Crippen molar-refractivity contribution in [2.45, 2.75) is 58.5 Å². The molecule has 0 radical (unpaired) electrons. The zero-order chi connectivity index (χ0) is 19.4. The lowest BCUT2D eigenvalue weighted by Crippen LogP contribution is -2.12. The second-order valence-electron chi connectivity index (χ2n) is 6.44. The molecular formula is C18H24N6O2S. The molecule has 0 aliphatic carbocycles. The van der Waals surface area contributed by atoms with Crippen LogP contribution in [-0.2, 0) is 11.2 Å². The van der Waals surface area contributed by atoms with Crippen LogP contribution in [0.5, 0.6) is 0 Å². The molecule has 0 unspecified atom stereocenters. The topological polar surface area (TPSA) is 98.2 Å². The van der Waals surface area contributed by atoms with Gasteiger partial charge in [0.25, 0.3) is 5.78 Å². The van der Waals surface area contributed by atoms with Gasteiger partial charge in [-0.1, -0.05) is 30.3 Å². The molecule has 9 heteroatoms.